The van der Waals surface area contributed by atoms with E-state index in [1.54, 1.807) is 6.33 Å². The van der Waals surface area contributed by atoms with Crippen LogP contribution in [0.15, 0.2) is 67.1 Å². The van der Waals surface area contributed by atoms with E-state index in [2.05, 4.69) is 66.9 Å². The van der Waals surface area contributed by atoms with Crippen molar-refractivity contribution < 1.29 is 4.79 Å². The van der Waals surface area contributed by atoms with Gasteiger partial charge in [-0.05, 0) is 67.0 Å². The van der Waals surface area contributed by atoms with Crippen molar-refractivity contribution in [2.24, 2.45) is 0 Å². The molecule has 178 valence electrons. The molecule has 7 heteroatoms. The van der Waals surface area contributed by atoms with Gasteiger partial charge in [-0.15, -0.1) is 0 Å². The van der Waals surface area contributed by atoms with Gasteiger partial charge in [-0.3, -0.25) is 0 Å². The van der Waals surface area contributed by atoms with Crippen molar-refractivity contribution >= 4 is 28.6 Å². The van der Waals surface area contributed by atoms with Crippen LogP contribution in [0, 0.1) is 0 Å². The van der Waals surface area contributed by atoms with Gasteiger partial charge in [0.15, 0.2) is 0 Å². The van der Waals surface area contributed by atoms with E-state index < -0.39 is 0 Å². The molecule has 1 saturated heterocycles. The van der Waals surface area contributed by atoms with Crippen molar-refractivity contribution in [3.05, 3.63) is 83.8 Å². The maximum absolute atomic E-state index is 12.9. The zero-order valence-electron chi connectivity index (χ0n) is 19.7. The number of nitrogens with zero attached hydrogens (tertiary/aromatic N) is 3. The summed E-state index contributed by atoms with van der Waals surface area (Å²) >= 11 is 0. The number of amides is 2. The molecule has 2 aromatic heterocycles. The summed E-state index contributed by atoms with van der Waals surface area (Å²) in [4.78, 5) is 27.3. The van der Waals surface area contributed by atoms with Crippen LogP contribution in [0.1, 0.15) is 54.3 Å². The molecular weight excluding hydrogens is 436 g/mol. The Balaban J connectivity index is 1.14. The van der Waals surface area contributed by atoms with Crippen LogP contribution >= 0.6 is 0 Å². The molecule has 0 radical (unpaired) electrons. The van der Waals surface area contributed by atoms with Gasteiger partial charge in [0.2, 0.25) is 0 Å². The minimum Gasteiger partial charge on any atom is -0.355 e. The quantitative estimate of drug-likeness (QED) is 0.369. The fourth-order valence-electron chi connectivity index (χ4n) is 5.65. The molecule has 35 heavy (non-hydrogen) atoms. The first-order valence-corrected chi connectivity index (χ1v) is 12.5. The number of urea groups is 1. The van der Waals surface area contributed by atoms with E-state index in [4.69, 9.17) is 0 Å². The lowest BCUT2D eigenvalue weighted by molar-refractivity contribution is 0.247. The standard InChI is InChI=1S/C28H30N6O/c35-28(33-25-12-4-7-19-6-1-2-11-23(19)25)32-22-10-3-8-20(16-22)21-9-5-15-34(17-21)27-24-13-14-29-26(24)30-18-31-27/h1-3,6,8,10-11,13-14,16,18,21,25H,4-5,7,9,12,15,17H2,(H,29,30,31)(H2,32,33,35)/t21?,25-/m0/s1. The Morgan fingerprint density at radius 1 is 1.03 bits per heavy atom. The Hall–Kier alpha value is -3.87. The highest BCUT2D eigenvalue weighted by atomic mass is 16.2. The number of rotatable bonds is 4. The summed E-state index contributed by atoms with van der Waals surface area (Å²) in [6.45, 7) is 1.88. The molecule has 1 fully saturated rings. The number of aromatic amines is 1. The van der Waals surface area contributed by atoms with Gasteiger partial charge >= 0.3 is 6.03 Å². The molecule has 2 aromatic carbocycles. The summed E-state index contributed by atoms with van der Waals surface area (Å²) in [5, 5.41) is 7.32. The molecular formula is C28H30N6O. The maximum atomic E-state index is 12.9. The number of H-pyrrole nitrogens is 1. The van der Waals surface area contributed by atoms with Gasteiger partial charge in [0.25, 0.3) is 0 Å². The summed E-state index contributed by atoms with van der Waals surface area (Å²) in [6, 6.07) is 18.7. The molecule has 0 bridgehead atoms. The third-order valence-corrected chi connectivity index (χ3v) is 7.34. The van der Waals surface area contributed by atoms with E-state index in [0.29, 0.717) is 5.92 Å². The van der Waals surface area contributed by atoms with Crippen molar-refractivity contribution in [3.8, 4) is 0 Å². The number of carbonyl (C=O) groups excluding carboxylic acids is 1. The largest absolute Gasteiger partial charge is 0.355 e. The molecule has 3 heterocycles. The van der Waals surface area contributed by atoms with Crippen molar-refractivity contribution in [3.63, 3.8) is 0 Å². The van der Waals surface area contributed by atoms with Crippen LogP contribution in [-0.2, 0) is 6.42 Å². The normalized spacial score (nSPS) is 19.8. The molecule has 3 N–H and O–H groups in total. The van der Waals surface area contributed by atoms with Crippen LogP contribution < -0.4 is 15.5 Å². The lowest BCUT2D eigenvalue weighted by Gasteiger charge is -2.34. The third kappa shape index (κ3) is 4.46. The van der Waals surface area contributed by atoms with Gasteiger partial charge < -0.3 is 20.5 Å². The highest BCUT2D eigenvalue weighted by Gasteiger charge is 2.25. The number of anilines is 2. The first kappa shape index (κ1) is 21.6. The Kier molecular flexibility index (Phi) is 5.82. The Bertz CT molecular complexity index is 1350. The molecule has 6 rings (SSSR count). The third-order valence-electron chi connectivity index (χ3n) is 7.34. The second-order valence-electron chi connectivity index (χ2n) is 9.59. The van der Waals surface area contributed by atoms with Gasteiger partial charge in [-0.25, -0.2) is 14.8 Å². The molecule has 2 aliphatic rings. The molecule has 1 aliphatic heterocycles. The summed E-state index contributed by atoms with van der Waals surface area (Å²) < 4.78 is 0. The minimum absolute atomic E-state index is 0.0631. The van der Waals surface area contributed by atoms with Crippen LogP contribution in [0.2, 0.25) is 0 Å². The number of hydrogen-bond donors (Lipinski definition) is 3. The van der Waals surface area contributed by atoms with E-state index in [1.807, 2.05) is 24.4 Å². The highest BCUT2D eigenvalue weighted by Crippen LogP contribution is 2.33. The molecule has 2 amide bonds. The molecule has 1 aliphatic carbocycles. The monoisotopic (exact) mass is 466 g/mol. The van der Waals surface area contributed by atoms with Gasteiger partial charge in [0.05, 0.1) is 11.4 Å². The molecule has 7 nitrogen and oxygen atoms in total. The Morgan fingerprint density at radius 3 is 2.94 bits per heavy atom. The van der Waals surface area contributed by atoms with E-state index >= 15 is 0 Å². The van der Waals surface area contributed by atoms with Crippen LogP contribution in [0.4, 0.5) is 16.3 Å². The van der Waals surface area contributed by atoms with E-state index in [9.17, 15) is 4.79 Å². The van der Waals surface area contributed by atoms with E-state index in [0.717, 1.165) is 67.7 Å². The zero-order valence-corrected chi connectivity index (χ0v) is 19.7. The van der Waals surface area contributed by atoms with Crippen molar-refractivity contribution in [1.82, 2.24) is 20.3 Å². The van der Waals surface area contributed by atoms with Gasteiger partial charge in [-0.1, -0.05) is 36.4 Å². The predicted molar refractivity (Wildman–Crippen MR) is 139 cm³/mol. The van der Waals surface area contributed by atoms with Crippen LogP contribution in [0.25, 0.3) is 11.0 Å². The van der Waals surface area contributed by atoms with Crippen molar-refractivity contribution in [2.45, 2.75) is 44.1 Å². The van der Waals surface area contributed by atoms with Crippen molar-refractivity contribution in [2.75, 3.05) is 23.3 Å². The Labute approximate surface area is 205 Å². The molecule has 0 spiro atoms. The number of nitrogens with one attached hydrogen (secondary N) is 3. The smallest absolute Gasteiger partial charge is 0.319 e. The number of piperidine rings is 1. The molecule has 4 aromatic rings. The molecule has 0 saturated carbocycles. The highest BCUT2D eigenvalue weighted by molar-refractivity contribution is 5.90. The maximum Gasteiger partial charge on any atom is 0.319 e. The second kappa shape index (κ2) is 9.41. The van der Waals surface area contributed by atoms with Gasteiger partial charge in [0.1, 0.15) is 17.8 Å². The fraction of sp³-hybridized carbons (Fsp3) is 0.321. The lowest BCUT2D eigenvalue weighted by Crippen LogP contribution is -2.35. The van der Waals surface area contributed by atoms with Crippen LogP contribution in [-0.4, -0.2) is 34.1 Å². The Morgan fingerprint density at radius 2 is 1.97 bits per heavy atom. The SMILES string of the molecule is O=C(Nc1cccc(C2CCCN(c3ncnc4[nH]ccc34)C2)c1)N[C@H]1CCCc2ccccc21. The minimum atomic E-state index is -0.148. The van der Waals surface area contributed by atoms with Crippen LogP contribution in [0.3, 0.4) is 0 Å². The summed E-state index contributed by atoms with van der Waals surface area (Å²) in [7, 11) is 0. The number of aromatic nitrogens is 3. The summed E-state index contributed by atoms with van der Waals surface area (Å²) in [5.41, 5.74) is 5.53. The summed E-state index contributed by atoms with van der Waals surface area (Å²) in [5.74, 6) is 1.37. The number of aryl methyl sites for hydroxylation is 1. The first-order valence-electron chi connectivity index (χ1n) is 12.5. The molecule has 1 unspecified atom stereocenters. The summed E-state index contributed by atoms with van der Waals surface area (Å²) in [6.07, 6.45) is 8.91. The number of carbonyl (C=O) groups is 1. The first-order chi connectivity index (χ1) is 17.2. The second-order valence-corrected chi connectivity index (χ2v) is 9.59. The van der Waals surface area contributed by atoms with E-state index in [-0.39, 0.29) is 12.1 Å². The lowest BCUT2D eigenvalue weighted by atomic mass is 9.88. The molecule has 2 atom stereocenters. The predicted octanol–water partition coefficient (Wildman–Crippen LogP) is 5.54. The number of fused-ring (bicyclic) bond motifs is 2. The zero-order chi connectivity index (χ0) is 23.6. The van der Waals surface area contributed by atoms with Crippen molar-refractivity contribution in [1.29, 1.82) is 0 Å². The average molecular weight is 467 g/mol. The number of benzene rings is 2. The number of hydrogen-bond acceptors (Lipinski definition) is 4. The van der Waals surface area contributed by atoms with Gasteiger partial charge in [0, 0.05) is 30.9 Å². The average Bonchev–Trinajstić information content (AvgIpc) is 3.38. The fourth-order valence-corrected chi connectivity index (χ4v) is 5.65. The van der Waals surface area contributed by atoms with Crippen LogP contribution in [0.5, 0.6) is 0 Å². The van der Waals surface area contributed by atoms with E-state index in [1.165, 1.54) is 16.7 Å². The van der Waals surface area contributed by atoms with Gasteiger partial charge in [-0.2, -0.15) is 0 Å². The topological polar surface area (TPSA) is 85.9 Å².